The minimum Gasteiger partial charge on any atom is -0.352 e. The van der Waals surface area contributed by atoms with E-state index in [2.05, 4.69) is 25.1 Å². The summed E-state index contributed by atoms with van der Waals surface area (Å²) in [5, 5.41) is 3.18. The number of likely N-dealkylation sites (N-methyl/N-ethyl adjacent to an activating group) is 1. The molecule has 23 heavy (non-hydrogen) atoms. The summed E-state index contributed by atoms with van der Waals surface area (Å²) in [5.41, 5.74) is 1.13. The molecular formula is C17H22FN5. The number of hydrogen-bond donors (Lipinski definition) is 1. The van der Waals surface area contributed by atoms with Gasteiger partial charge in [-0.05, 0) is 19.2 Å². The van der Waals surface area contributed by atoms with E-state index in [1.165, 1.54) is 6.07 Å². The van der Waals surface area contributed by atoms with Crippen LogP contribution in [0.5, 0.6) is 0 Å². The van der Waals surface area contributed by atoms with Crippen LogP contribution in [0.25, 0.3) is 11.3 Å². The van der Waals surface area contributed by atoms with Crippen molar-refractivity contribution in [1.82, 2.24) is 20.2 Å². The summed E-state index contributed by atoms with van der Waals surface area (Å²) >= 11 is 0. The van der Waals surface area contributed by atoms with Gasteiger partial charge in [0.2, 0.25) is 0 Å². The van der Waals surface area contributed by atoms with Crippen molar-refractivity contribution in [3.8, 4) is 11.3 Å². The van der Waals surface area contributed by atoms with Gasteiger partial charge < -0.3 is 10.2 Å². The fourth-order valence-electron chi connectivity index (χ4n) is 2.86. The minimum absolute atomic E-state index is 0.262. The highest BCUT2D eigenvalue weighted by atomic mass is 19.1. The molecule has 1 N–H and O–H groups in total. The molecule has 1 aromatic carbocycles. The number of hydrogen-bond acceptors (Lipinski definition) is 5. The van der Waals surface area contributed by atoms with E-state index in [9.17, 15) is 4.39 Å². The van der Waals surface area contributed by atoms with Crippen molar-refractivity contribution in [3.63, 3.8) is 0 Å². The zero-order chi connectivity index (χ0) is 16.1. The second kappa shape index (κ2) is 7.48. The molecule has 0 saturated carbocycles. The Morgan fingerprint density at radius 1 is 1.09 bits per heavy atom. The highest BCUT2D eigenvalue weighted by molar-refractivity contribution is 5.72. The molecule has 0 bridgehead atoms. The fourth-order valence-corrected chi connectivity index (χ4v) is 2.86. The molecule has 1 saturated heterocycles. The molecule has 5 nitrogen and oxygen atoms in total. The molecule has 1 fully saturated rings. The maximum absolute atomic E-state index is 14.1. The third-order valence-corrected chi connectivity index (χ3v) is 4.16. The van der Waals surface area contributed by atoms with E-state index in [0.29, 0.717) is 11.3 Å². The SMILES string of the molecule is CNCCN1CCN(c2nccnc2-c2ccccc2F)CC1. The summed E-state index contributed by atoms with van der Waals surface area (Å²) < 4.78 is 14.1. The smallest absolute Gasteiger partial charge is 0.155 e. The number of halogens is 1. The molecule has 0 atom stereocenters. The van der Waals surface area contributed by atoms with Gasteiger partial charge in [0.1, 0.15) is 11.5 Å². The van der Waals surface area contributed by atoms with Crippen molar-refractivity contribution >= 4 is 5.82 Å². The molecule has 3 rings (SSSR count). The first kappa shape index (κ1) is 15.8. The van der Waals surface area contributed by atoms with Crippen LogP contribution in [0.3, 0.4) is 0 Å². The summed E-state index contributed by atoms with van der Waals surface area (Å²) in [7, 11) is 1.97. The lowest BCUT2D eigenvalue weighted by molar-refractivity contribution is 0.259. The Labute approximate surface area is 136 Å². The summed E-state index contributed by atoms with van der Waals surface area (Å²) in [6, 6.07) is 6.73. The highest BCUT2D eigenvalue weighted by Crippen LogP contribution is 2.29. The van der Waals surface area contributed by atoms with Crippen molar-refractivity contribution in [2.75, 3.05) is 51.2 Å². The molecule has 0 spiro atoms. The Balaban J connectivity index is 1.78. The summed E-state index contributed by atoms with van der Waals surface area (Å²) in [4.78, 5) is 13.5. The summed E-state index contributed by atoms with van der Waals surface area (Å²) in [6.07, 6.45) is 3.29. The van der Waals surface area contributed by atoms with Crippen molar-refractivity contribution in [2.24, 2.45) is 0 Å². The Hall–Kier alpha value is -2.05. The lowest BCUT2D eigenvalue weighted by atomic mass is 10.1. The van der Waals surface area contributed by atoms with Gasteiger partial charge in [-0.3, -0.25) is 9.88 Å². The number of rotatable bonds is 5. The van der Waals surface area contributed by atoms with Gasteiger partial charge in [0.25, 0.3) is 0 Å². The summed E-state index contributed by atoms with van der Waals surface area (Å²) in [6.45, 7) is 5.76. The normalized spacial score (nSPS) is 15.8. The van der Waals surface area contributed by atoms with E-state index < -0.39 is 0 Å². The predicted octanol–water partition coefficient (Wildman–Crippen LogP) is 1.62. The van der Waals surface area contributed by atoms with Crippen LogP contribution in [0.15, 0.2) is 36.7 Å². The molecule has 6 heteroatoms. The Morgan fingerprint density at radius 2 is 1.83 bits per heavy atom. The zero-order valence-corrected chi connectivity index (χ0v) is 13.4. The van der Waals surface area contributed by atoms with E-state index in [-0.39, 0.29) is 5.82 Å². The average molecular weight is 315 g/mol. The first-order valence-corrected chi connectivity index (χ1v) is 7.97. The molecule has 0 aliphatic carbocycles. The maximum atomic E-state index is 14.1. The van der Waals surface area contributed by atoms with Crippen molar-refractivity contribution in [1.29, 1.82) is 0 Å². The van der Waals surface area contributed by atoms with Gasteiger partial charge in [-0.1, -0.05) is 12.1 Å². The minimum atomic E-state index is -0.262. The molecule has 1 aromatic heterocycles. The summed E-state index contributed by atoms with van der Waals surface area (Å²) in [5.74, 6) is 0.507. The quantitative estimate of drug-likeness (QED) is 0.908. The third kappa shape index (κ3) is 3.65. The molecule has 0 amide bonds. The molecular weight excluding hydrogens is 293 g/mol. The lowest BCUT2D eigenvalue weighted by Crippen LogP contribution is -2.48. The van der Waals surface area contributed by atoms with Crippen LogP contribution in [-0.4, -0.2) is 61.2 Å². The molecule has 122 valence electrons. The van der Waals surface area contributed by atoms with Gasteiger partial charge in [0.05, 0.1) is 0 Å². The molecule has 0 unspecified atom stereocenters. The van der Waals surface area contributed by atoms with E-state index in [4.69, 9.17) is 0 Å². The van der Waals surface area contributed by atoms with Crippen LogP contribution < -0.4 is 10.2 Å². The number of aromatic nitrogens is 2. The average Bonchev–Trinajstić information content (AvgIpc) is 2.61. The van der Waals surface area contributed by atoms with Gasteiger partial charge in [0, 0.05) is 57.2 Å². The molecule has 2 heterocycles. The molecule has 1 aliphatic rings. The zero-order valence-electron chi connectivity index (χ0n) is 13.4. The number of nitrogens with zero attached hydrogens (tertiary/aromatic N) is 4. The lowest BCUT2D eigenvalue weighted by Gasteiger charge is -2.35. The molecule has 2 aromatic rings. The number of benzene rings is 1. The Kier molecular flexibility index (Phi) is 5.15. The Morgan fingerprint density at radius 3 is 2.57 bits per heavy atom. The number of anilines is 1. The monoisotopic (exact) mass is 315 g/mol. The number of piperazine rings is 1. The molecule has 1 aliphatic heterocycles. The van der Waals surface area contributed by atoms with Crippen molar-refractivity contribution in [2.45, 2.75) is 0 Å². The van der Waals surface area contributed by atoms with E-state index in [1.807, 2.05) is 13.1 Å². The van der Waals surface area contributed by atoms with E-state index in [0.717, 1.165) is 45.1 Å². The van der Waals surface area contributed by atoms with Gasteiger partial charge in [-0.25, -0.2) is 9.37 Å². The van der Waals surface area contributed by atoms with E-state index >= 15 is 0 Å². The van der Waals surface area contributed by atoms with Crippen LogP contribution in [0.1, 0.15) is 0 Å². The molecule has 0 radical (unpaired) electrons. The number of nitrogens with one attached hydrogen (secondary N) is 1. The van der Waals surface area contributed by atoms with Crippen LogP contribution in [0, 0.1) is 5.82 Å². The standard InChI is InChI=1S/C17H22FN5/c1-19-8-9-22-10-12-23(13-11-22)17-16(20-6-7-21-17)14-4-2-3-5-15(14)18/h2-7,19H,8-13H2,1H3. The second-order valence-electron chi connectivity index (χ2n) is 5.64. The van der Waals surface area contributed by atoms with Crippen LogP contribution in [0.4, 0.5) is 10.2 Å². The van der Waals surface area contributed by atoms with Gasteiger partial charge in [-0.2, -0.15) is 0 Å². The first-order valence-electron chi connectivity index (χ1n) is 7.97. The highest BCUT2D eigenvalue weighted by Gasteiger charge is 2.22. The van der Waals surface area contributed by atoms with Gasteiger partial charge >= 0.3 is 0 Å². The largest absolute Gasteiger partial charge is 0.352 e. The van der Waals surface area contributed by atoms with E-state index in [1.54, 1.807) is 24.5 Å². The Bertz CT molecular complexity index is 640. The third-order valence-electron chi connectivity index (χ3n) is 4.16. The van der Waals surface area contributed by atoms with Crippen LogP contribution in [0.2, 0.25) is 0 Å². The van der Waals surface area contributed by atoms with Crippen molar-refractivity contribution in [3.05, 3.63) is 42.5 Å². The van der Waals surface area contributed by atoms with Crippen molar-refractivity contribution < 1.29 is 4.39 Å². The fraction of sp³-hybridized carbons (Fsp3) is 0.412. The van der Waals surface area contributed by atoms with Crippen LogP contribution >= 0.6 is 0 Å². The second-order valence-corrected chi connectivity index (χ2v) is 5.64. The van der Waals surface area contributed by atoms with Crippen LogP contribution in [-0.2, 0) is 0 Å². The first-order chi connectivity index (χ1) is 11.3. The maximum Gasteiger partial charge on any atom is 0.155 e. The topological polar surface area (TPSA) is 44.3 Å². The van der Waals surface area contributed by atoms with Gasteiger partial charge in [0.15, 0.2) is 5.82 Å². The predicted molar refractivity (Wildman–Crippen MR) is 90.0 cm³/mol. The van der Waals surface area contributed by atoms with Gasteiger partial charge in [-0.15, -0.1) is 0 Å².